The molecule has 0 aliphatic carbocycles. The standard InChI is InChI=1S/C23H24F2N4O2S/c1-13-14(2)32-23-20(13)21(27-12-28-23)29-7-5-16(6-8-29)22(31)26-11-17(30)9-15-3-4-18(24)19(25)10-15/h3-4,10,12,16H,5-9,11H2,1-2H3,(H,26,31). The Morgan fingerprint density at radius 1 is 1.16 bits per heavy atom. The van der Waals surface area contributed by atoms with Crippen molar-refractivity contribution in [2.24, 2.45) is 5.92 Å². The number of thiophene rings is 1. The Labute approximate surface area is 188 Å². The molecule has 1 amide bonds. The molecule has 0 atom stereocenters. The maximum Gasteiger partial charge on any atom is 0.223 e. The number of amides is 1. The molecule has 1 saturated heterocycles. The quantitative estimate of drug-likeness (QED) is 0.609. The second-order valence-electron chi connectivity index (χ2n) is 8.10. The number of ketones is 1. The van der Waals surface area contributed by atoms with Gasteiger partial charge in [-0.25, -0.2) is 18.7 Å². The SMILES string of the molecule is Cc1sc2ncnc(N3CCC(C(=O)NCC(=O)Cc4ccc(F)c(F)c4)CC3)c2c1C. The Morgan fingerprint density at radius 2 is 1.91 bits per heavy atom. The van der Waals surface area contributed by atoms with Crippen molar-refractivity contribution in [2.75, 3.05) is 24.5 Å². The molecule has 2 aromatic heterocycles. The number of nitrogens with one attached hydrogen (secondary N) is 1. The number of piperidine rings is 1. The van der Waals surface area contributed by atoms with E-state index in [1.165, 1.54) is 16.5 Å². The van der Waals surface area contributed by atoms with Crippen LogP contribution in [0.2, 0.25) is 0 Å². The van der Waals surface area contributed by atoms with E-state index in [9.17, 15) is 18.4 Å². The topological polar surface area (TPSA) is 75.2 Å². The van der Waals surface area contributed by atoms with Gasteiger partial charge in [0.2, 0.25) is 5.91 Å². The summed E-state index contributed by atoms with van der Waals surface area (Å²) < 4.78 is 26.3. The molecule has 0 unspecified atom stereocenters. The summed E-state index contributed by atoms with van der Waals surface area (Å²) >= 11 is 1.66. The summed E-state index contributed by atoms with van der Waals surface area (Å²) in [6, 6.07) is 3.37. The Bertz CT molecular complexity index is 1170. The first kappa shape index (κ1) is 22.3. The second kappa shape index (κ2) is 9.28. The van der Waals surface area contributed by atoms with Crippen molar-refractivity contribution in [3.63, 3.8) is 0 Å². The van der Waals surface area contributed by atoms with Crippen LogP contribution in [0.1, 0.15) is 28.8 Å². The zero-order chi connectivity index (χ0) is 22.8. The van der Waals surface area contributed by atoms with Crippen molar-refractivity contribution in [1.82, 2.24) is 15.3 Å². The van der Waals surface area contributed by atoms with Crippen LogP contribution in [0.3, 0.4) is 0 Å². The minimum Gasteiger partial charge on any atom is -0.356 e. The summed E-state index contributed by atoms with van der Waals surface area (Å²) in [6.45, 7) is 5.43. The molecule has 0 spiro atoms. The van der Waals surface area contributed by atoms with Gasteiger partial charge in [-0.1, -0.05) is 6.07 Å². The molecule has 0 saturated carbocycles. The Balaban J connectivity index is 1.30. The molecule has 1 aliphatic rings. The first-order valence-electron chi connectivity index (χ1n) is 10.5. The predicted octanol–water partition coefficient (Wildman–Crippen LogP) is 3.73. The maximum absolute atomic E-state index is 13.3. The van der Waals surface area contributed by atoms with E-state index in [-0.39, 0.29) is 30.6 Å². The van der Waals surface area contributed by atoms with Crippen molar-refractivity contribution in [3.8, 4) is 0 Å². The van der Waals surface area contributed by atoms with Gasteiger partial charge in [0.25, 0.3) is 0 Å². The minimum absolute atomic E-state index is 0.0565. The summed E-state index contributed by atoms with van der Waals surface area (Å²) in [5.74, 6) is -1.61. The number of rotatable bonds is 6. The molecule has 6 nitrogen and oxygen atoms in total. The molecule has 0 radical (unpaired) electrons. The van der Waals surface area contributed by atoms with Crippen LogP contribution in [-0.4, -0.2) is 41.3 Å². The Hall–Kier alpha value is -2.94. The number of anilines is 1. The van der Waals surface area contributed by atoms with Gasteiger partial charge >= 0.3 is 0 Å². The van der Waals surface area contributed by atoms with E-state index in [1.54, 1.807) is 17.7 Å². The molecule has 1 fully saturated rings. The average molecular weight is 459 g/mol. The molecule has 9 heteroatoms. The number of fused-ring (bicyclic) bond motifs is 1. The van der Waals surface area contributed by atoms with Gasteiger partial charge in [-0.3, -0.25) is 9.59 Å². The number of Topliss-reactive ketones (excluding diaryl/α,β-unsaturated/α-hetero) is 1. The molecule has 1 aliphatic heterocycles. The highest BCUT2D eigenvalue weighted by molar-refractivity contribution is 7.18. The van der Waals surface area contributed by atoms with E-state index in [2.05, 4.69) is 34.0 Å². The van der Waals surface area contributed by atoms with Crippen LogP contribution >= 0.6 is 11.3 Å². The van der Waals surface area contributed by atoms with Crippen LogP contribution in [-0.2, 0) is 16.0 Å². The van der Waals surface area contributed by atoms with Crippen molar-refractivity contribution in [2.45, 2.75) is 33.1 Å². The van der Waals surface area contributed by atoms with E-state index in [1.807, 2.05) is 0 Å². The van der Waals surface area contributed by atoms with E-state index in [0.29, 0.717) is 31.5 Å². The Kier molecular flexibility index (Phi) is 6.45. The van der Waals surface area contributed by atoms with Gasteiger partial charge in [-0.15, -0.1) is 11.3 Å². The molecular formula is C23H24F2N4O2S. The van der Waals surface area contributed by atoms with Crippen molar-refractivity contribution >= 4 is 39.1 Å². The van der Waals surface area contributed by atoms with Crippen molar-refractivity contribution in [1.29, 1.82) is 0 Å². The maximum atomic E-state index is 13.3. The van der Waals surface area contributed by atoms with E-state index in [4.69, 9.17) is 0 Å². The van der Waals surface area contributed by atoms with Crippen molar-refractivity contribution in [3.05, 3.63) is 52.2 Å². The number of carbonyl (C=O) groups is 2. The van der Waals surface area contributed by atoms with Crippen LogP contribution in [0, 0.1) is 31.4 Å². The lowest BCUT2D eigenvalue weighted by Crippen LogP contribution is -2.42. The highest BCUT2D eigenvalue weighted by Gasteiger charge is 2.27. The number of aryl methyl sites for hydroxylation is 2. The van der Waals surface area contributed by atoms with Gasteiger partial charge in [0.15, 0.2) is 17.4 Å². The van der Waals surface area contributed by atoms with Crippen LogP contribution in [0.5, 0.6) is 0 Å². The van der Waals surface area contributed by atoms with Crippen LogP contribution in [0.4, 0.5) is 14.6 Å². The molecular weight excluding hydrogens is 434 g/mol. The third-order valence-electron chi connectivity index (χ3n) is 5.96. The number of halogens is 2. The van der Waals surface area contributed by atoms with E-state index in [0.717, 1.165) is 28.2 Å². The fraction of sp³-hybridized carbons (Fsp3) is 0.391. The molecule has 32 heavy (non-hydrogen) atoms. The molecule has 4 rings (SSSR count). The fourth-order valence-electron chi connectivity index (χ4n) is 4.03. The smallest absolute Gasteiger partial charge is 0.223 e. The van der Waals surface area contributed by atoms with Gasteiger partial charge in [-0.2, -0.15) is 0 Å². The van der Waals surface area contributed by atoms with Crippen LogP contribution < -0.4 is 10.2 Å². The molecule has 3 heterocycles. The summed E-state index contributed by atoms with van der Waals surface area (Å²) in [5.41, 5.74) is 1.58. The van der Waals surface area contributed by atoms with Gasteiger partial charge in [0, 0.05) is 30.3 Å². The third kappa shape index (κ3) is 4.62. The predicted molar refractivity (Wildman–Crippen MR) is 120 cm³/mol. The molecule has 1 N–H and O–H groups in total. The fourth-order valence-corrected chi connectivity index (χ4v) is 5.02. The lowest BCUT2D eigenvalue weighted by atomic mass is 9.95. The van der Waals surface area contributed by atoms with Crippen molar-refractivity contribution < 1.29 is 18.4 Å². The molecule has 1 aromatic carbocycles. The van der Waals surface area contributed by atoms with Gasteiger partial charge in [0.1, 0.15) is 17.0 Å². The monoisotopic (exact) mass is 458 g/mol. The zero-order valence-electron chi connectivity index (χ0n) is 18.0. The first-order valence-corrected chi connectivity index (χ1v) is 11.3. The minimum atomic E-state index is -0.986. The number of benzene rings is 1. The van der Waals surface area contributed by atoms with Gasteiger partial charge < -0.3 is 10.2 Å². The first-order chi connectivity index (χ1) is 15.3. The third-order valence-corrected chi connectivity index (χ3v) is 7.07. The second-order valence-corrected chi connectivity index (χ2v) is 9.31. The zero-order valence-corrected chi connectivity index (χ0v) is 18.8. The highest BCUT2D eigenvalue weighted by Crippen LogP contribution is 2.35. The summed E-state index contributed by atoms with van der Waals surface area (Å²) in [4.78, 5) is 38.0. The number of hydrogen-bond donors (Lipinski definition) is 1. The number of carbonyl (C=O) groups excluding carboxylic acids is 2. The number of nitrogens with zero attached hydrogens (tertiary/aromatic N) is 3. The number of aromatic nitrogens is 2. The lowest BCUT2D eigenvalue weighted by Gasteiger charge is -2.32. The molecule has 168 valence electrons. The van der Waals surface area contributed by atoms with Crippen LogP contribution in [0.25, 0.3) is 10.2 Å². The lowest BCUT2D eigenvalue weighted by molar-refractivity contribution is -0.128. The van der Waals surface area contributed by atoms with Crippen LogP contribution in [0.15, 0.2) is 24.5 Å². The summed E-state index contributed by atoms with van der Waals surface area (Å²) in [7, 11) is 0. The normalized spacial score (nSPS) is 14.7. The molecule has 3 aromatic rings. The molecule has 0 bridgehead atoms. The summed E-state index contributed by atoms with van der Waals surface area (Å²) in [5, 5.41) is 3.78. The van der Waals surface area contributed by atoms with Gasteiger partial charge in [0.05, 0.1) is 11.9 Å². The van der Waals surface area contributed by atoms with Gasteiger partial charge in [-0.05, 0) is 49.9 Å². The summed E-state index contributed by atoms with van der Waals surface area (Å²) in [6.07, 6.45) is 2.86. The van der Waals surface area contributed by atoms with E-state index < -0.39 is 11.6 Å². The Morgan fingerprint density at radius 3 is 2.62 bits per heavy atom. The number of hydrogen-bond acceptors (Lipinski definition) is 6. The highest BCUT2D eigenvalue weighted by atomic mass is 32.1. The largest absolute Gasteiger partial charge is 0.356 e. The average Bonchev–Trinajstić information content (AvgIpc) is 3.08. The van der Waals surface area contributed by atoms with E-state index >= 15 is 0 Å².